The molecule has 110 valence electrons. The van der Waals surface area contributed by atoms with Gasteiger partial charge in [0, 0.05) is 13.3 Å². The van der Waals surface area contributed by atoms with Gasteiger partial charge in [0.1, 0.15) is 5.76 Å². The van der Waals surface area contributed by atoms with Crippen LogP contribution in [0, 0.1) is 0 Å². The molecule has 0 saturated heterocycles. The summed E-state index contributed by atoms with van der Waals surface area (Å²) in [6, 6.07) is 13.9. The van der Waals surface area contributed by atoms with Gasteiger partial charge in [0.2, 0.25) is 0 Å². The zero-order valence-electron chi connectivity index (χ0n) is 12.6. The van der Waals surface area contributed by atoms with Crippen molar-refractivity contribution >= 4 is 28.6 Å². The fourth-order valence-corrected chi connectivity index (χ4v) is 2.74. The zero-order chi connectivity index (χ0) is 15.7. The molecular formula is C19H16O3. The summed E-state index contributed by atoms with van der Waals surface area (Å²) in [6.07, 6.45) is 2.12. The van der Waals surface area contributed by atoms with E-state index in [0.717, 1.165) is 21.9 Å². The van der Waals surface area contributed by atoms with E-state index in [1.807, 2.05) is 55.5 Å². The van der Waals surface area contributed by atoms with Gasteiger partial charge in [-0.3, -0.25) is 9.59 Å². The Hall–Kier alpha value is -2.68. The number of carbonyl (C=O) groups excluding carboxylic acids is 2. The van der Waals surface area contributed by atoms with Crippen molar-refractivity contribution < 1.29 is 14.3 Å². The number of allylic oxidation sites excluding steroid dienone is 2. The summed E-state index contributed by atoms with van der Waals surface area (Å²) in [7, 11) is 0. The predicted octanol–water partition coefficient (Wildman–Crippen LogP) is 4.03. The summed E-state index contributed by atoms with van der Waals surface area (Å²) in [4.78, 5) is 23.5. The van der Waals surface area contributed by atoms with E-state index in [-0.39, 0.29) is 5.78 Å². The molecule has 0 N–H and O–H groups in total. The van der Waals surface area contributed by atoms with Crippen molar-refractivity contribution in [1.82, 2.24) is 0 Å². The maximum absolute atomic E-state index is 12.2. The molecule has 0 heterocycles. The first-order chi connectivity index (χ1) is 10.6. The first kappa shape index (κ1) is 14.3. The van der Waals surface area contributed by atoms with Gasteiger partial charge in [0.25, 0.3) is 0 Å². The van der Waals surface area contributed by atoms with Crippen molar-refractivity contribution in [2.75, 3.05) is 0 Å². The summed E-state index contributed by atoms with van der Waals surface area (Å²) < 4.78 is 5.24. The Morgan fingerprint density at radius 3 is 2.64 bits per heavy atom. The number of ether oxygens (including phenoxy) is 1. The standard InChI is InChI=1S/C19H16O3/c1-12-10-18(21)17(19(12)22-13(2)20)11-15-8-5-7-14-6-3-4-9-16(14)15/h3-9,11H,10H2,1-2H3. The maximum atomic E-state index is 12.2. The smallest absolute Gasteiger partial charge is 0.308 e. The lowest BCUT2D eigenvalue weighted by atomic mass is 10.0. The number of hydrogen-bond donors (Lipinski definition) is 0. The molecule has 0 unspecified atom stereocenters. The molecule has 3 rings (SSSR count). The molecule has 0 radical (unpaired) electrons. The van der Waals surface area contributed by atoms with E-state index in [1.54, 1.807) is 0 Å². The molecule has 3 heteroatoms. The minimum absolute atomic E-state index is 0.0123. The molecule has 0 fully saturated rings. The molecule has 0 bridgehead atoms. The summed E-state index contributed by atoms with van der Waals surface area (Å²) >= 11 is 0. The van der Waals surface area contributed by atoms with Crippen molar-refractivity contribution in [2.24, 2.45) is 0 Å². The number of hydrogen-bond acceptors (Lipinski definition) is 3. The number of rotatable bonds is 2. The van der Waals surface area contributed by atoms with E-state index in [1.165, 1.54) is 6.92 Å². The van der Waals surface area contributed by atoms with Crippen LogP contribution in [-0.4, -0.2) is 11.8 Å². The Morgan fingerprint density at radius 1 is 1.14 bits per heavy atom. The number of fused-ring (bicyclic) bond motifs is 1. The molecule has 2 aromatic rings. The second kappa shape index (κ2) is 5.60. The monoisotopic (exact) mass is 292 g/mol. The minimum Gasteiger partial charge on any atom is -0.426 e. The SMILES string of the molecule is CC(=O)OC1=C(C)CC(=O)C1=Cc1cccc2ccccc12. The average Bonchev–Trinajstić information content (AvgIpc) is 2.74. The fraction of sp³-hybridized carbons (Fsp3) is 0.158. The first-order valence-corrected chi connectivity index (χ1v) is 7.17. The van der Waals surface area contributed by atoms with Crippen LogP contribution >= 0.6 is 0 Å². The van der Waals surface area contributed by atoms with Crippen LogP contribution in [0.4, 0.5) is 0 Å². The van der Waals surface area contributed by atoms with Gasteiger partial charge in [-0.15, -0.1) is 0 Å². The van der Waals surface area contributed by atoms with Gasteiger partial charge < -0.3 is 4.74 Å². The predicted molar refractivity (Wildman–Crippen MR) is 86.0 cm³/mol. The highest BCUT2D eigenvalue weighted by Gasteiger charge is 2.27. The summed E-state index contributed by atoms with van der Waals surface area (Å²) in [6.45, 7) is 3.17. The van der Waals surface area contributed by atoms with Crippen LogP contribution in [0.25, 0.3) is 16.8 Å². The van der Waals surface area contributed by atoms with Crippen LogP contribution in [0.2, 0.25) is 0 Å². The largest absolute Gasteiger partial charge is 0.426 e. The van der Waals surface area contributed by atoms with Crippen molar-refractivity contribution in [3.8, 4) is 0 Å². The van der Waals surface area contributed by atoms with Gasteiger partial charge in [-0.25, -0.2) is 0 Å². The van der Waals surface area contributed by atoms with Gasteiger partial charge >= 0.3 is 5.97 Å². The second-order valence-corrected chi connectivity index (χ2v) is 5.43. The molecule has 22 heavy (non-hydrogen) atoms. The van der Waals surface area contributed by atoms with Gasteiger partial charge in [-0.05, 0) is 34.9 Å². The molecule has 3 nitrogen and oxygen atoms in total. The summed E-state index contributed by atoms with van der Waals surface area (Å²) in [5.41, 5.74) is 2.22. The fourth-order valence-electron chi connectivity index (χ4n) is 2.74. The highest BCUT2D eigenvalue weighted by atomic mass is 16.5. The molecule has 0 spiro atoms. The highest BCUT2D eigenvalue weighted by molar-refractivity contribution is 6.09. The summed E-state index contributed by atoms with van der Waals surface area (Å²) in [5.74, 6) is -0.0139. The lowest BCUT2D eigenvalue weighted by Crippen LogP contribution is -2.03. The molecule has 0 saturated carbocycles. The number of ketones is 1. The molecule has 1 aliphatic carbocycles. The lowest BCUT2D eigenvalue weighted by Gasteiger charge is -2.07. The van der Waals surface area contributed by atoms with Crippen LogP contribution in [0.1, 0.15) is 25.8 Å². The van der Waals surface area contributed by atoms with Crippen molar-refractivity contribution in [3.63, 3.8) is 0 Å². The maximum Gasteiger partial charge on any atom is 0.308 e. The normalized spacial score (nSPS) is 16.6. The van der Waals surface area contributed by atoms with Gasteiger partial charge in [-0.2, -0.15) is 0 Å². The number of Topliss-reactive ketones (excluding diaryl/α,β-unsaturated/α-hetero) is 1. The molecule has 0 aliphatic heterocycles. The number of carbonyl (C=O) groups is 2. The van der Waals surface area contributed by atoms with E-state index in [4.69, 9.17) is 4.74 Å². The zero-order valence-corrected chi connectivity index (χ0v) is 12.6. The molecule has 2 aromatic carbocycles. The van der Waals surface area contributed by atoms with E-state index < -0.39 is 5.97 Å². The van der Waals surface area contributed by atoms with E-state index in [2.05, 4.69) is 0 Å². The van der Waals surface area contributed by atoms with Crippen LogP contribution in [0.3, 0.4) is 0 Å². The van der Waals surface area contributed by atoms with Crippen LogP contribution in [0.15, 0.2) is 59.4 Å². The Bertz CT molecular complexity index is 835. The van der Waals surface area contributed by atoms with Gasteiger partial charge in [0.05, 0.1) is 5.57 Å². The quantitative estimate of drug-likeness (QED) is 0.620. The van der Waals surface area contributed by atoms with Crippen molar-refractivity contribution in [3.05, 3.63) is 64.9 Å². The molecule has 0 atom stereocenters. The third-order valence-corrected chi connectivity index (χ3v) is 3.73. The summed E-state index contributed by atoms with van der Waals surface area (Å²) in [5, 5.41) is 2.18. The first-order valence-electron chi connectivity index (χ1n) is 7.17. The second-order valence-electron chi connectivity index (χ2n) is 5.43. The van der Waals surface area contributed by atoms with Crippen molar-refractivity contribution in [1.29, 1.82) is 0 Å². The minimum atomic E-state index is -0.409. The number of esters is 1. The third-order valence-electron chi connectivity index (χ3n) is 3.73. The molecule has 0 aromatic heterocycles. The van der Waals surface area contributed by atoms with Crippen LogP contribution < -0.4 is 0 Å². The average molecular weight is 292 g/mol. The lowest BCUT2D eigenvalue weighted by molar-refractivity contribution is -0.136. The van der Waals surface area contributed by atoms with E-state index in [9.17, 15) is 9.59 Å². The van der Waals surface area contributed by atoms with Gasteiger partial charge in [0.15, 0.2) is 5.78 Å². The Labute approximate surface area is 128 Å². The van der Waals surface area contributed by atoms with Crippen molar-refractivity contribution in [2.45, 2.75) is 20.3 Å². The molecular weight excluding hydrogens is 276 g/mol. The van der Waals surface area contributed by atoms with E-state index >= 15 is 0 Å². The molecule has 1 aliphatic rings. The molecule has 0 amide bonds. The van der Waals surface area contributed by atoms with E-state index in [0.29, 0.717) is 17.8 Å². The Balaban J connectivity index is 2.13. The Kier molecular flexibility index (Phi) is 3.63. The number of benzene rings is 2. The third kappa shape index (κ3) is 2.58. The van der Waals surface area contributed by atoms with Crippen LogP contribution in [-0.2, 0) is 14.3 Å². The topological polar surface area (TPSA) is 43.4 Å². The van der Waals surface area contributed by atoms with Crippen LogP contribution in [0.5, 0.6) is 0 Å². The van der Waals surface area contributed by atoms with Gasteiger partial charge in [-0.1, -0.05) is 42.5 Å². The highest BCUT2D eigenvalue weighted by Crippen LogP contribution is 2.32. The Morgan fingerprint density at radius 2 is 1.86 bits per heavy atom.